The molecule has 0 bridgehead atoms. The van der Waals surface area contributed by atoms with Crippen LogP contribution in [0.2, 0.25) is 0 Å². The molecule has 20 heavy (non-hydrogen) atoms. The number of carbonyl (C=O) groups excluding carboxylic acids is 1. The first kappa shape index (κ1) is 16.5. The van der Waals surface area contributed by atoms with Crippen molar-refractivity contribution in [1.29, 1.82) is 0 Å². The van der Waals surface area contributed by atoms with E-state index in [1.807, 2.05) is 31.2 Å². The summed E-state index contributed by atoms with van der Waals surface area (Å²) in [5.74, 6) is -0.0474. The molecular formula is C16H26N2O2. The van der Waals surface area contributed by atoms with Gasteiger partial charge in [0.05, 0.1) is 11.2 Å². The highest BCUT2D eigenvalue weighted by atomic mass is 16.3. The Morgan fingerprint density at radius 3 is 2.50 bits per heavy atom. The summed E-state index contributed by atoms with van der Waals surface area (Å²) >= 11 is 0. The fourth-order valence-corrected chi connectivity index (χ4v) is 2.05. The van der Waals surface area contributed by atoms with E-state index in [9.17, 15) is 9.90 Å². The lowest BCUT2D eigenvalue weighted by Crippen LogP contribution is -2.42. The van der Waals surface area contributed by atoms with Gasteiger partial charge in [-0.2, -0.15) is 0 Å². The number of anilines is 1. The number of benzene rings is 1. The minimum Gasteiger partial charge on any atom is -0.389 e. The molecule has 1 aromatic rings. The maximum atomic E-state index is 12.6. The molecule has 0 saturated heterocycles. The van der Waals surface area contributed by atoms with Gasteiger partial charge in [-0.25, -0.2) is 0 Å². The van der Waals surface area contributed by atoms with Gasteiger partial charge in [-0.3, -0.25) is 4.79 Å². The number of likely N-dealkylation sites (N-methyl/N-ethyl adjacent to an activating group) is 1. The minimum atomic E-state index is -0.891. The van der Waals surface area contributed by atoms with Crippen LogP contribution in [0.15, 0.2) is 24.3 Å². The molecule has 1 amide bonds. The third-order valence-corrected chi connectivity index (χ3v) is 2.97. The van der Waals surface area contributed by atoms with E-state index in [0.717, 1.165) is 18.7 Å². The number of carbonyl (C=O) groups is 1. The van der Waals surface area contributed by atoms with Crippen LogP contribution >= 0.6 is 0 Å². The first-order chi connectivity index (χ1) is 9.39. The van der Waals surface area contributed by atoms with Crippen molar-refractivity contribution in [1.82, 2.24) is 4.90 Å². The zero-order chi connectivity index (χ0) is 15.2. The average molecular weight is 278 g/mol. The standard InChI is InChI=1S/C16H26N2O2/c1-5-11-17-14-10-8-7-9-13(14)15(19)18(6-2)12-16(3,4)20/h7-10,17,20H,5-6,11-12H2,1-4H3. The summed E-state index contributed by atoms with van der Waals surface area (Å²) in [6, 6.07) is 7.53. The van der Waals surface area contributed by atoms with E-state index in [0.29, 0.717) is 18.7 Å². The average Bonchev–Trinajstić information content (AvgIpc) is 2.41. The maximum Gasteiger partial charge on any atom is 0.256 e. The molecule has 0 fully saturated rings. The third-order valence-electron chi connectivity index (χ3n) is 2.97. The summed E-state index contributed by atoms with van der Waals surface area (Å²) in [6.45, 7) is 9.17. The van der Waals surface area contributed by atoms with E-state index in [4.69, 9.17) is 0 Å². The molecule has 0 aliphatic heterocycles. The van der Waals surface area contributed by atoms with Gasteiger partial charge in [-0.15, -0.1) is 0 Å². The number of amides is 1. The molecule has 112 valence electrons. The van der Waals surface area contributed by atoms with Gasteiger partial charge < -0.3 is 15.3 Å². The van der Waals surface area contributed by atoms with Gasteiger partial charge >= 0.3 is 0 Å². The van der Waals surface area contributed by atoms with Crippen molar-refractivity contribution in [2.24, 2.45) is 0 Å². The molecule has 0 spiro atoms. The highest BCUT2D eigenvalue weighted by molar-refractivity contribution is 5.99. The molecule has 0 atom stereocenters. The molecule has 2 N–H and O–H groups in total. The van der Waals surface area contributed by atoms with E-state index in [2.05, 4.69) is 12.2 Å². The zero-order valence-corrected chi connectivity index (χ0v) is 12.9. The van der Waals surface area contributed by atoms with Crippen molar-refractivity contribution < 1.29 is 9.90 Å². The van der Waals surface area contributed by atoms with Gasteiger partial charge in [-0.1, -0.05) is 19.1 Å². The second-order valence-corrected chi connectivity index (χ2v) is 5.60. The van der Waals surface area contributed by atoms with Crippen molar-refractivity contribution in [3.05, 3.63) is 29.8 Å². The molecule has 0 radical (unpaired) electrons. The summed E-state index contributed by atoms with van der Waals surface area (Å²) in [6.07, 6.45) is 1.00. The summed E-state index contributed by atoms with van der Waals surface area (Å²) < 4.78 is 0. The quantitative estimate of drug-likeness (QED) is 0.806. The van der Waals surface area contributed by atoms with Gasteiger partial charge in [0.25, 0.3) is 5.91 Å². The molecular weight excluding hydrogens is 252 g/mol. The predicted molar refractivity (Wildman–Crippen MR) is 83.1 cm³/mol. The first-order valence-corrected chi connectivity index (χ1v) is 7.23. The Balaban J connectivity index is 2.94. The van der Waals surface area contributed by atoms with Crippen LogP contribution in [-0.4, -0.2) is 41.1 Å². The van der Waals surface area contributed by atoms with Crippen molar-refractivity contribution in [2.45, 2.75) is 39.7 Å². The number of nitrogens with one attached hydrogen (secondary N) is 1. The molecule has 1 rings (SSSR count). The number of aliphatic hydroxyl groups is 1. The molecule has 1 aromatic carbocycles. The van der Waals surface area contributed by atoms with Crippen LogP contribution in [0.1, 0.15) is 44.5 Å². The molecule has 4 nitrogen and oxygen atoms in total. The van der Waals surface area contributed by atoms with Crippen LogP contribution in [0.25, 0.3) is 0 Å². The molecule has 0 heterocycles. The lowest BCUT2D eigenvalue weighted by molar-refractivity contribution is 0.0315. The summed E-state index contributed by atoms with van der Waals surface area (Å²) in [5.41, 5.74) is 0.623. The Morgan fingerprint density at radius 1 is 1.30 bits per heavy atom. The monoisotopic (exact) mass is 278 g/mol. The topological polar surface area (TPSA) is 52.6 Å². The van der Waals surface area contributed by atoms with E-state index >= 15 is 0 Å². The number of nitrogens with zero attached hydrogens (tertiary/aromatic N) is 1. The largest absolute Gasteiger partial charge is 0.389 e. The fourth-order valence-electron chi connectivity index (χ4n) is 2.05. The van der Waals surface area contributed by atoms with Crippen molar-refractivity contribution in [3.63, 3.8) is 0 Å². The second-order valence-electron chi connectivity index (χ2n) is 5.60. The van der Waals surface area contributed by atoms with Gasteiger partial charge in [0.2, 0.25) is 0 Å². The van der Waals surface area contributed by atoms with Gasteiger partial charge in [0, 0.05) is 25.3 Å². The first-order valence-electron chi connectivity index (χ1n) is 7.23. The molecule has 0 saturated carbocycles. The smallest absolute Gasteiger partial charge is 0.256 e. The van der Waals surface area contributed by atoms with Crippen molar-refractivity contribution in [3.8, 4) is 0 Å². The number of para-hydroxylation sites is 1. The normalized spacial score (nSPS) is 11.2. The fraction of sp³-hybridized carbons (Fsp3) is 0.562. The highest BCUT2D eigenvalue weighted by Gasteiger charge is 2.23. The van der Waals surface area contributed by atoms with E-state index in [1.54, 1.807) is 18.7 Å². The highest BCUT2D eigenvalue weighted by Crippen LogP contribution is 2.18. The molecule has 4 heteroatoms. The van der Waals surface area contributed by atoms with E-state index < -0.39 is 5.60 Å². The lowest BCUT2D eigenvalue weighted by Gasteiger charge is -2.28. The van der Waals surface area contributed by atoms with Gasteiger partial charge in [-0.05, 0) is 39.3 Å². The Hall–Kier alpha value is -1.55. The van der Waals surface area contributed by atoms with Crippen LogP contribution in [0, 0.1) is 0 Å². The molecule has 0 unspecified atom stereocenters. The summed E-state index contributed by atoms with van der Waals surface area (Å²) in [4.78, 5) is 14.3. The third kappa shape index (κ3) is 4.85. The van der Waals surface area contributed by atoms with Crippen LogP contribution in [0.3, 0.4) is 0 Å². The Labute approximate surface area is 121 Å². The van der Waals surface area contributed by atoms with Gasteiger partial charge in [0.1, 0.15) is 0 Å². The predicted octanol–water partition coefficient (Wildman–Crippen LogP) is 2.74. The number of hydrogen-bond acceptors (Lipinski definition) is 3. The zero-order valence-electron chi connectivity index (χ0n) is 12.9. The SMILES string of the molecule is CCCNc1ccccc1C(=O)N(CC)CC(C)(C)O. The lowest BCUT2D eigenvalue weighted by atomic mass is 10.1. The van der Waals surface area contributed by atoms with Crippen LogP contribution < -0.4 is 5.32 Å². The second kappa shape index (κ2) is 7.29. The molecule has 0 aliphatic carbocycles. The van der Waals surface area contributed by atoms with Gasteiger partial charge in [0.15, 0.2) is 0 Å². The molecule has 0 aliphatic rings. The van der Waals surface area contributed by atoms with Crippen molar-refractivity contribution in [2.75, 3.05) is 25.0 Å². The Morgan fingerprint density at radius 2 is 1.95 bits per heavy atom. The number of hydrogen-bond donors (Lipinski definition) is 2. The van der Waals surface area contributed by atoms with E-state index in [1.165, 1.54) is 0 Å². The summed E-state index contributed by atoms with van der Waals surface area (Å²) in [5, 5.41) is 13.2. The maximum absolute atomic E-state index is 12.6. The minimum absolute atomic E-state index is 0.0474. The van der Waals surface area contributed by atoms with Crippen LogP contribution in [-0.2, 0) is 0 Å². The van der Waals surface area contributed by atoms with Crippen LogP contribution in [0.4, 0.5) is 5.69 Å². The Bertz CT molecular complexity index is 438. The van der Waals surface area contributed by atoms with E-state index in [-0.39, 0.29) is 5.91 Å². The number of rotatable bonds is 7. The Kier molecular flexibility index (Phi) is 6.02. The summed E-state index contributed by atoms with van der Waals surface area (Å²) in [7, 11) is 0. The van der Waals surface area contributed by atoms with Crippen LogP contribution in [0.5, 0.6) is 0 Å². The van der Waals surface area contributed by atoms with Crippen molar-refractivity contribution >= 4 is 11.6 Å². The molecule has 0 aromatic heterocycles.